The lowest BCUT2D eigenvalue weighted by molar-refractivity contribution is 0.102. The monoisotopic (exact) mass is 496 g/mol. The number of Topliss-reactive ketones (excluding diaryl/α,β-unsaturated/α-hetero) is 1. The Labute approximate surface area is 202 Å². The van der Waals surface area contributed by atoms with Crippen LogP contribution in [0.25, 0.3) is 5.69 Å². The number of nitrogens with two attached hydrogens (primary N) is 1. The van der Waals surface area contributed by atoms with E-state index >= 15 is 0 Å². The summed E-state index contributed by atoms with van der Waals surface area (Å²) < 4.78 is 23.1. The van der Waals surface area contributed by atoms with Crippen LogP contribution < -0.4 is 21.7 Å². The predicted octanol–water partition coefficient (Wildman–Crippen LogP) is 1.94. The van der Waals surface area contributed by atoms with E-state index in [0.29, 0.717) is 16.7 Å². The number of ether oxygens (including phenoxy) is 1. The van der Waals surface area contributed by atoms with Gasteiger partial charge in [-0.1, -0.05) is 42.1 Å². The Morgan fingerprint density at radius 3 is 2.43 bits per heavy atom. The zero-order valence-corrected chi connectivity index (χ0v) is 19.7. The summed E-state index contributed by atoms with van der Waals surface area (Å²) in [6.07, 6.45) is 0. The van der Waals surface area contributed by atoms with Gasteiger partial charge in [-0.05, 0) is 24.3 Å². The molecule has 0 fully saturated rings. The van der Waals surface area contributed by atoms with Crippen LogP contribution in [-0.2, 0) is 20.7 Å². The van der Waals surface area contributed by atoms with E-state index in [4.69, 9.17) is 10.5 Å². The molecular weight excluding hydrogens is 475 g/mol. The molecule has 4 aromatic rings. The van der Waals surface area contributed by atoms with E-state index < -0.39 is 22.8 Å². The van der Waals surface area contributed by atoms with Gasteiger partial charge in [0.05, 0.1) is 5.75 Å². The van der Waals surface area contributed by atoms with Gasteiger partial charge in [0.1, 0.15) is 18.0 Å². The smallest absolute Gasteiger partial charge is 0.332 e. The maximum atomic E-state index is 14.0. The first-order chi connectivity index (χ1) is 16.8. The molecule has 0 aliphatic carbocycles. The summed E-state index contributed by atoms with van der Waals surface area (Å²) in [5.74, 6) is -0.999. The van der Waals surface area contributed by atoms with Crippen LogP contribution in [0.3, 0.4) is 0 Å². The standard InChI is InChI=1S/C23H21FN6O4S/c1-28-20(25)19(21(32)29(2)23(28)33)16(31)13-35-22-27-26-18(30(22)14-8-4-3-5-9-14)12-34-17-11-7-6-10-15(17)24/h3-11H,12-13,25H2,1-2H3. The molecule has 10 nitrogen and oxygen atoms in total. The number of halogens is 1. The van der Waals surface area contributed by atoms with E-state index in [1.54, 1.807) is 16.7 Å². The molecule has 0 saturated carbocycles. The van der Waals surface area contributed by atoms with Crippen molar-refractivity contribution in [3.63, 3.8) is 0 Å². The second kappa shape index (κ2) is 9.97. The highest BCUT2D eigenvalue weighted by molar-refractivity contribution is 7.99. The van der Waals surface area contributed by atoms with Crippen LogP contribution in [0.2, 0.25) is 0 Å². The number of carbonyl (C=O) groups is 1. The Balaban J connectivity index is 1.62. The fourth-order valence-electron chi connectivity index (χ4n) is 3.35. The normalized spacial score (nSPS) is 10.9. The molecule has 0 radical (unpaired) electrons. The molecule has 180 valence electrons. The lowest BCUT2D eigenvalue weighted by Gasteiger charge is -2.12. The van der Waals surface area contributed by atoms with E-state index in [1.807, 2.05) is 30.3 Å². The average molecular weight is 497 g/mol. The fraction of sp³-hybridized carbons (Fsp3) is 0.174. The molecule has 0 aliphatic heterocycles. The summed E-state index contributed by atoms with van der Waals surface area (Å²) in [4.78, 5) is 37.5. The van der Waals surface area contributed by atoms with Gasteiger partial charge in [-0.3, -0.25) is 23.3 Å². The molecule has 2 heterocycles. The van der Waals surface area contributed by atoms with Crippen molar-refractivity contribution in [3.05, 3.63) is 92.6 Å². The first kappa shape index (κ1) is 24.0. The minimum Gasteiger partial charge on any atom is -0.483 e. The van der Waals surface area contributed by atoms with Crippen LogP contribution in [-0.4, -0.2) is 35.4 Å². The number of hydrogen-bond donors (Lipinski definition) is 1. The topological polar surface area (TPSA) is 127 Å². The highest BCUT2D eigenvalue weighted by Gasteiger charge is 2.22. The number of nitrogen functional groups attached to an aromatic ring is 1. The summed E-state index contributed by atoms with van der Waals surface area (Å²) in [6.45, 7) is -0.0778. The second-order valence-electron chi connectivity index (χ2n) is 7.47. The van der Waals surface area contributed by atoms with Crippen molar-refractivity contribution in [2.45, 2.75) is 11.8 Å². The second-order valence-corrected chi connectivity index (χ2v) is 8.41. The SMILES string of the molecule is Cn1c(N)c(C(=O)CSc2nnc(COc3ccccc3F)n2-c2ccccc2)c(=O)n(C)c1=O. The van der Waals surface area contributed by atoms with Gasteiger partial charge in [-0.15, -0.1) is 10.2 Å². The van der Waals surface area contributed by atoms with Gasteiger partial charge in [-0.25, -0.2) is 9.18 Å². The van der Waals surface area contributed by atoms with Gasteiger partial charge in [0, 0.05) is 19.8 Å². The fourth-order valence-corrected chi connectivity index (χ4v) is 4.20. The molecule has 0 aliphatic rings. The minimum absolute atomic E-state index is 0.0699. The summed E-state index contributed by atoms with van der Waals surface area (Å²) in [6, 6.07) is 15.2. The molecule has 0 atom stereocenters. The van der Waals surface area contributed by atoms with Gasteiger partial charge in [-0.2, -0.15) is 0 Å². The third kappa shape index (κ3) is 4.73. The third-order valence-electron chi connectivity index (χ3n) is 5.23. The van der Waals surface area contributed by atoms with Crippen molar-refractivity contribution >= 4 is 23.4 Å². The van der Waals surface area contributed by atoms with Crippen molar-refractivity contribution in [1.29, 1.82) is 0 Å². The molecule has 0 bridgehead atoms. The van der Waals surface area contributed by atoms with Crippen molar-refractivity contribution in [3.8, 4) is 11.4 Å². The van der Waals surface area contributed by atoms with E-state index in [0.717, 1.165) is 20.9 Å². The third-order valence-corrected chi connectivity index (χ3v) is 6.16. The summed E-state index contributed by atoms with van der Waals surface area (Å²) in [5, 5.41) is 8.69. The number of carbonyl (C=O) groups excluding carboxylic acids is 1. The number of thioether (sulfide) groups is 1. The molecule has 4 rings (SSSR count). The van der Waals surface area contributed by atoms with Crippen LogP contribution in [0.15, 0.2) is 69.3 Å². The van der Waals surface area contributed by atoms with Gasteiger partial charge in [0.15, 0.2) is 28.3 Å². The van der Waals surface area contributed by atoms with E-state index in [2.05, 4.69) is 10.2 Å². The van der Waals surface area contributed by atoms with E-state index in [1.165, 1.54) is 26.2 Å². The van der Waals surface area contributed by atoms with Crippen LogP contribution in [0.5, 0.6) is 5.75 Å². The largest absolute Gasteiger partial charge is 0.483 e. The number of aromatic nitrogens is 5. The van der Waals surface area contributed by atoms with Crippen molar-refractivity contribution in [2.24, 2.45) is 14.1 Å². The maximum Gasteiger partial charge on any atom is 0.332 e. The van der Waals surface area contributed by atoms with E-state index in [-0.39, 0.29) is 29.5 Å². The molecule has 12 heteroatoms. The van der Waals surface area contributed by atoms with Crippen molar-refractivity contribution < 1.29 is 13.9 Å². The van der Waals surface area contributed by atoms with Crippen LogP contribution in [0.4, 0.5) is 10.2 Å². The van der Waals surface area contributed by atoms with Crippen molar-refractivity contribution in [1.82, 2.24) is 23.9 Å². The maximum absolute atomic E-state index is 14.0. The summed E-state index contributed by atoms with van der Waals surface area (Å²) in [7, 11) is 2.66. The molecule has 0 spiro atoms. The number of rotatable bonds is 8. The Kier molecular flexibility index (Phi) is 6.82. The van der Waals surface area contributed by atoms with Crippen LogP contribution in [0, 0.1) is 5.82 Å². The van der Waals surface area contributed by atoms with Crippen molar-refractivity contribution in [2.75, 3.05) is 11.5 Å². The number of para-hydroxylation sites is 2. The average Bonchev–Trinajstić information content (AvgIpc) is 3.28. The lowest BCUT2D eigenvalue weighted by Crippen LogP contribution is -2.41. The first-order valence-electron chi connectivity index (χ1n) is 10.4. The number of anilines is 1. The molecule has 2 aromatic heterocycles. The number of hydrogen-bond acceptors (Lipinski definition) is 8. The minimum atomic E-state index is -0.764. The Bertz CT molecular complexity index is 1510. The molecular formula is C23H21FN6O4S. The number of ketones is 1. The molecule has 2 aromatic carbocycles. The van der Waals surface area contributed by atoms with Gasteiger partial charge < -0.3 is 10.5 Å². The summed E-state index contributed by atoms with van der Waals surface area (Å²) >= 11 is 1.04. The molecule has 2 N–H and O–H groups in total. The van der Waals surface area contributed by atoms with Crippen LogP contribution >= 0.6 is 11.8 Å². The predicted molar refractivity (Wildman–Crippen MR) is 128 cm³/mol. The van der Waals surface area contributed by atoms with E-state index in [9.17, 15) is 18.8 Å². The number of benzene rings is 2. The Morgan fingerprint density at radius 1 is 1.03 bits per heavy atom. The highest BCUT2D eigenvalue weighted by atomic mass is 32.2. The first-order valence-corrected chi connectivity index (χ1v) is 11.4. The highest BCUT2D eigenvalue weighted by Crippen LogP contribution is 2.24. The quantitative estimate of drug-likeness (QED) is 0.290. The van der Waals surface area contributed by atoms with Crippen LogP contribution in [0.1, 0.15) is 16.2 Å². The number of nitrogens with zero attached hydrogens (tertiary/aromatic N) is 5. The molecule has 0 saturated heterocycles. The van der Waals surface area contributed by atoms with Gasteiger partial charge >= 0.3 is 5.69 Å². The Hall–Kier alpha value is -4.19. The van der Waals surface area contributed by atoms with Gasteiger partial charge in [0.25, 0.3) is 5.56 Å². The molecule has 0 unspecified atom stereocenters. The lowest BCUT2D eigenvalue weighted by atomic mass is 10.2. The zero-order chi connectivity index (χ0) is 25.1. The van der Waals surface area contributed by atoms with Gasteiger partial charge in [0.2, 0.25) is 0 Å². The zero-order valence-electron chi connectivity index (χ0n) is 18.8. The molecule has 0 amide bonds. The Morgan fingerprint density at radius 2 is 1.71 bits per heavy atom. The molecule has 35 heavy (non-hydrogen) atoms. The summed E-state index contributed by atoms with van der Waals surface area (Å²) in [5.41, 5.74) is 4.94.